The van der Waals surface area contributed by atoms with Crippen molar-refractivity contribution in [2.45, 2.75) is 26.7 Å². The standard InChI is InChI=1S/C17H21Cl2N5O/c1-3-13-21-15(16(25)23-8-7-17(2,9-20)10-23)22-24(13)14-11(18)5-4-6-12(14)19/h4-6H,3,7-10,20H2,1-2H3. The van der Waals surface area contributed by atoms with Crippen LogP contribution in [-0.2, 0) is 6.42 Å². The van der Waals surface area contributed by atoms with E-state index in [0.29, 0.717) is 47.6 Å². The molecule has 1 saturated heterocycles. The van der Waals surface area contributed by atoms with Crippen molar-refractivity contribution in [2.24, 2.45) is 11.1 Å². The summed E-state index contributed by atoms with van der Waals surface area (Å²) >= 11 is 12.6. The quantitative estimate of drug-likeness (QED) is 0.882. The summed E-state index contributed by atoms with van der Waals surface area (Å²) in [6, 6.07) is 5.23. The lowest BCUT2D eigenvalue weighted by atomic mass is 9.90. The largest absolute Gasteiger partial charge is 0.335 e. The van der Waals surface area contributed by atoms with E-state index < -0.39 is 0 Å². The molecule has 1 atom stereocenters. The Morgan fingerprint density at radius 3 is 2.60 bits per heavy atom. The smallest absolute Gasteiger partial charge is 0.293 e. The second kappa shape index (κ2) is 6.94. The summed E-state index contributed by atoms with van der Waals surface area (Å²) in [5.74, 6) is 0.613. The van der Waals surface area contributed by atoms with Crippen molar-refractivity contribution in [3.63, 3.8) is 0 Å². The van der Waals surface area contributed by atoms with Crippen LogP contribution in [0.1, 0.15) is 36.7 Å². The van der Waals surface area contributed by atoms with Gasteiger partial charge in [-0.1, -0.05) is 43.1 Å². The maximum absolute atomic E-state index is 12.8. The Bertz CT molecular complexity index is 786. The first-order chi connectivity index (χ1) is 11.9. The fourth-order valence-corrected chi connectivity index (χ4v) is 3.60. The molecule has 0 spiro atoms. The maximum atomic E-state index is 12.8. The molecule has 134 valence electrons. The van der Waals surface area contributed by atoms with Crippen molar-refractivity contribution in [1.82, 2.24) is 19.7 Å². The number of nitrogens with two attached hydrogens (primary N) is 1. The zero-order valence-corrected chi connectivity index (χ0v) is 15.8. The molecule has 1 aliphatic heterocycles. The van der Waals surface area contributed by atoms with Crippen LogP contribution in [0, 0.1) is 5.41 Å². The summed E-state index contributed by atoms with van der Waals surface area (Å²) in [7, 11) is 0. The second-order valence-corrected chi connectivity index (χ2v) is 7.49. The normalized spacial score (nSPS) is 20.3. The van der Waals surface area contributed by atoms with Crippen LogP contribution in [-0.4, -0.2) is 45.2 Å². The molecule has 2 heterocycles. The number of hydrogen-bond donors (Lipinski definition) is 1. The minimum absolute atomic E-state index is 0.0438. The first kappa shape index (κ1) is 18.2. The Morgan fingerprint density at radius 1 is 1.36 bits per heavy atom. The third kappa shape index (κ3) is 3.38. The predicted octanol–water partition coefficient (Wildman–Crippen LogP) is 2.95. The van der Waals surface area contributed by atoms with Gasteiger partial charge in [-0.25, -0.2) is 9.67 Å². The van der Waals surface area contributed by atoms with E-state index in [1.54, 1.807) is 27.8 Å². The van der Waals surface area contributed by atoms with E-state index in [1.807, 2.05) is 6.92 Å². The van der Waals surface area contributed by atoms with E-state index in [4.69, 9.17) is 28.9 Å². The fourth-order valence-electron chi connectivity index (χ4n) is 3.04. The molecule has 3 rings (SSSR count). The van der Waals surface area contributed by atoms with Crippen molar-refractivity contribution >= 4 is 29.1 Å². The molecule has 2 N–H and O–H groups in total. The molecule has 2 aromatic rings. The highest BCUT2D eigenvalue weighted by atomic mass is 35.5. The lowest BCUT2D eigenvalue weighted by Gasteiger charge is -2.21. The number of benzene rings is 1. The number of halogens is 2. The fraction of sp³-hybridized carbons (Fsp3) is 0.471. The molecule has 1 fully saturated rings. The molecule has 0 radical (unpaired) electrons. The SMILES string of the molecule is CCc1nc(C(=O)N2CCC(C)(CN)C2)nn1-c1c(Cl)cccc1Cl. The van der Waals surface area contributed by atoms with Crippen LogP contribution >= 0.6 is 23.2 Å². The Hall–Kier alpha value is -1.63. The topological polar surface area (TPSA) is 77.0 Å². The van der Waals surface area contributed by atoms with Crippen LogP contribution in [0.4, 0.5) is 0 Å². The molecule has 0 saturated carbocycles. The van der Waals surface area contributed by atoms with Gasteiger partial charge in [0.05, 0.1) is 10.0 Å². The Morgan fingerprint density at radius 2 is 2.04 bits per heavy atom. The van der Waals surface area contributed by atoms with Crippen LogP contribution < -0.4 is 5.73 Å². The zero-order valence-electron chi connectivity index (χ0n) is 14.3. The molecule has 1 aromatic heterocycles. The highest BCUT2D eigenvalue weighted by Crippen LogP contribution is 2.31. The van der Waals surface area contributed by atoms with E-state index in [2.05, 4.69) is 17.0 Å². The number of carbonyl (C=O) groups is 1. The van der Waals surface area contributed by atoms with E-state index in [9.17, 15) is 4.79 Å². The predicted molar refractivity (Wildman–Crippen MR) is 98.4 cm³/mol. The number of carbonyl (C=O) groups excluding carboxylic acids is 1. The number of likely N-dealkylation sites (tertiary alicyclic amines) is 1. The second-order valence-electron chi connectivity index (χ2n) is 6.68. The Labute approximate surface area is 156 Å². The van der Waals surface area contributed by atoms with Gasteiger partial charge in [0.1, 0.15) is 11.5 Å². The van der Waals surface area contributed by atoms with Crippen molar-refractivity contribution in [2.75, 3.05) is 19.6 Å². The van der Waals surface area contributed by atoms with Gasteiger partial charge in [-0.15, -0.1) is 5.10 Å². The van der Waals surface area contributed by atoms with E-state index in [1.165, 1.54) is 0 Å². The highest BCUT2D eigenvalue weighted by molar-refractivity contribution is 6.37. The lowest BCUT2D eigenvalue weighted by molar-refractivity contribution is 0.0765. The van der Waals surface area contributed by atoms with Crippen LogP contribution in [0.25, 0.3) is 5.69 Å². The van der Waals surface area contributed by atoms with Crippen molar-refractivity contribution in [1.29, 1.82) is 0 Å². The summed E-state index contributed by atoms with van der Waals surface area (Å²) in [6.45, 7) is 5.86. The zero-order chi connectivity index (χ0) is 18.2. The molecule has 1 aromatic carbocycles. The molecule has 0 bridgehead atoms. The van der Waals surface area contributed by atoms with Gasteiger partial charge in [0.25, 0.3) is 5.91 Å². The number of hydrogen-bond acceptors (Lipinski definition) is 4. The van der Waals surface area contributed by atoms with Gasteiger partial charge in [0, 0.05) is 19.5 Å². The van der Waals surface area contributed by atoms with Gasteiger partial charge in [-0.3, -0.25) is 4.79 Å². The summed E-state index contributed by atoms with van der Waals surface area (Å²) < 4.78 is 1.57. The molecule has 8 heteroatoms. The Kier molecular flexibility index (Phi) is 5.04. The number of amides is 1. The van der Waals surface area contributed by atoms with Gasteiger partial charge in [-0.2, -0.15) is 0 Å². The molecular formula is C17H21Cl2N5O. The van der Waals surface area contributed by atoms with Crippen molar-refractivity contribution < 1.29 is 4.79 Å². The summed E-state index contributed by atoms with van der Waals surface area (Å²) in [5, 5.41) is 5.33. The highest BCUT2D eigenvalue weighted by Gasteiger charge is 2.36. The molecule has 1 aliphatic rings. The van der Waals surface area contributed by atoms with Gasteiger partial charge in [-0.05, 0) is 30.5 Å². The van der Waals surface area contributed by atoms with Gasteiger partial charge in [0.2, 0.25) is 5.82 Å². The van der Waals surface area contributed by atoms with E-state index >= 15 is 0 Å². The molecule has 1 amide bonds. The van der Waals surface area contributed by atoms with Crippen LogP contribution in [0.15, 0.2) is 18.2 Å². The first-order valence-electron chi connectivity index (χ1n) is 8.28. The molecule has 1 unspecified atom stereocenters. The van der Waals surface area contributed by atoms with Crippen molar-refractivity contribution in [3.8, 4) is 5.69 Å². The third-order valence-corrected chi connectivity index (χ3v) is 5.28. The van der Waals surface area contributed by atoms with Crippen LogP contribution in [0.5, 0.6) is 0 Å². The van der Waals surface area contributed by atoms with Crippen LogP contribution in [0.3, 0.4) is 0 Å². The van der Waals surface area contributed by atoms with E-state index in [0.717, 1.165) is 6.42 Å². The van der Waals surface area contributed by atoms with E-state index in [-0.39, 0.29) is 17.1 Å². The summed E-state index contributed by atoms with van der Waals surface area (Å²) in [4.78, 5) is 19.0. The number of para-hydroxylation sites is 1. The minimum atomic E-state index is -0.186. The van der Waals surface area contributed by atoms with Gasteiger partial charge < -0.3 is 10.6 Å². The minimum Gasteiger partial charge on any atom is -0.335 e. The summed E-state index contributed by atoms with van der Waals surface area (Å²) in [6.07, 6.45) is 1.48. The third-order valence-electron chi connectivity index (χ3n) is 4.67. The summed E-state index contributed by atoms with van der Waals surface area (Å²) in [5.41, 5.74) is 6.33. The van der Waals surface area contributed by atoms with Gasteiger partial charge >= 0.3 is 0 Å². The molecular weight excluding hydrogens is 361 g/mol. The number of nitrogens with zero attached hydrogens (tertiary/aromatic N) is 4. The number of rotatable bonds is 4. The molecule has 0 aliphatic carbocycles. The average molecular weight is 382 g/mol. The maximum Gasteiger partial charge on any atom is 0.293 e. The van der Waals surface area contributed by atoms with Crippen LogP contribution in [0.2, 0.25) is 10.0 Å². The van der Waals surface area contributed by atoms with Gasteiger partial charge in [0.15, 0.2) is 0 Å². The monoisotopic (exact) mass is 381 g/mol. The first-order valence-corrected chi connectivity index (χ1v) is 9.04. The molecule has 6 nitrogen and oxygen atoms in total. The Balaban J connectivity index is 1.95. The molecule has 25 heavy (non-hydrogen) atoms. The van der Waals surface area contributed by atoms with Crippen molar-refractivity contribution in [3.05, 3.63) is 39.9 Å². The number of aryl methyl sites for hydroxylation is 1. The lowest BCUT2D eigenvalue weighted by Crippen LogP contribution is -2.35. The average Bonchev–Trinajstić information content (AvgIpc) is 3.19. The number of aromatic nitrogens is 3.